The van der Waals surface area contributed by atoms with Crippen molar-refractivity contribution in [2.45, 2.75) is 12.8 Å². The van der Waals surface area contributed by atoms with Gasteiger partial charge in [0, 0.05) is 0 Å². The van der Waals surface area contributed by atoms with Crippen LogP contribution in [0, 0.1) is 5.82 Å². The Kier molecular flexibility index (Phi) is 5.34. The number of carbonyl (C=O) groups excluding carboxylic acids is 1. The molecule has 0 saturated carbocycles. The molecule has 0 saturated heterocycles. The first-order chi connectivity index (χ1) is 12.5. The fourth-order valence-electron chi connectivity index (χ4n) is 2.75. The molecule has 0 aliphatic heterocycles. The minimum absolute atomic E-state index is 0.302. The highest BCUT2D eigenvalue weighted by atomic mass is 19.1. The monoisotopic (exact) mass is 352 g/mol. The zero-order chi connectivity index (χ0) is 18.5. The lowest BCUT2D eigenvalue weighted by Crippen LogP contribution is -2.42. The van der Waals surface area contributed by atoms with Crippen molar-refractivity contribution in [2.75, 3.05) is 17.6 Å². The maximum atomic E-state index is 13.1. The zero-order valence-electron chi connectivity index (χ0n) is 14.3. The number of hydrogen-bond acceptors (Lipinski definition) is 3. The molecule has 2 aromatic rings. The molecule has 0 atom stereocenters. The van der Waals surface area contributed by atoms with Crippen molar-refractivity contribution in [1.82, 2.24) is 5.01 Å². The third-order valence-electron chi connectivity index (χ3n) is 4.21. The second kappa shape index (κ2) is 7.84. The van der Waals surface area contributed by atoms with Gasteiger partial charge in [-0.1, -0.05) is 36.4 Å². The molecule has 2 amide bonds. The van der Waals surface area contributed by atoms with Gasteiger partial charge in [0.05, 0.1) is 17.9 Å². The number of carbonyl (C=O) groups is 1. The average molecular weight is 352 g/mol. The minimum atomic E-state index is -0.441. The lowest BCUT2D eigenvalue weighted by Gasteiger charge is -2.20. The third kappa shape index (κ3) is 4.29. The molecule has 3 rings (SSSR count). The Labute approximate surface area is 151 Å². The molecule has 0 bridgehead atoms. The molecule has 0 heterocycles. The molecule has 0 radical (unpaired) electrons. The van der Waals surface area contributed by atoms with Gasteiger partial charge in [0.2, 0.25) is 0 Å². The van der Waals surface area contributed by atoms with Crippen LogP contribution in [0.15, 0.2) is 66.3 Å². The van der Waals surface area contributed by atoms with Crippen molar-refractivity contribution in [1.29, 1.82) is 0 Å². The second-order valence-electron chi connectivity index (χ2n) is 6.16. The first kappa shape index (κ1) is 17.7. The number of nitrogens with two attached hydrogens (primary N) is 2. The van der Waals surface area contributed by atoms with Crippen molar-refractivity contribution in [3.05, 3.63) is 72.1 Å². The van der Waals surface area contributed by atoms with E-state index < -0.39 is 6.03 Å². The molecule has 0 unspecified atom stereocenters. The molecule has 5 nitrogen and oxygen atoms in total. The van der Waals surface area contributed by atoms with Gasteiger partial charge in [-0.05, 0) is 53.8 Å². The maximum Gasteiger partial charge on any atom is 0.336 e. The summed E-state index contributed by atoms with van der Waals surface area (Å²) >= 11 is 0. The number of hydrogen-bond donors (Lipinski definition) is 3. The summed E-state index contributed by atoms with van der Waals surface area (Å²) in [6.07, 6.45) is 7.86. The normalized spacial score (nSPS) is 13.2. The SMILES string of the molecule is Nc1ccc(-c2ccc(F)cc2)cc1NC(=O)N(N)CC1=CC=CCC1. The van der Waals surface area contributed by atoms with E-state index in [0.717, 1.165) is 34.6 Å². The van der Waals surface area contributed by atoms with E-state index >= 15 is 0 Å². The molecule has 26 heavy (non-hydrogen) atoms. The quantitative estimate of drug-likeness (QED) is 0.336. The van der Waals surface area contributed by atoms with E-state index in [9.17, 15) is 9.18 Å². The van der Waals surface area contributed by atoms with E-state index in [4.69, 9.17) is 11.6 Å². The van der Waals surface area contributed by atoms with Gasteiger partial charge >= 0.3 is 6.03 Å². The Bertz CT molecular complexity index is 859. The molecule has 1 aliphatic carbocycles. The van der Waals surface area contributed by atoms with Crippen molar-refractivity contribution in [3.8, 4) is 11.1 Å². The topological polar surface area (TPSA) is 84.4 Å². The van der Waals surface area contributed by atoms with Crippen LogP contribution < -0.4 is 16.9 Å². The van der Waals surface area contributed by atoms with Gasteiger partial charge in [-0.2, -0.15) is 0 Å². The van der Waals surface area contributed by atoms with Crippen LogP contribution in [0.4, 0.5) is 20.6 Å². The van der Waals surface area contributed by atoms with Crippen LogP contribution in [0.1, 0.15) is 12.8 Å². The summed E-state index contributed by atoms with van der Waals surface area (Å²) in [5, 5.41) is 3.87. The van der Waals surface area contributed by atoms with Gasteiger partial charge in [-0.25, -0.2) is 15.0 Å². The van der Waals surface area contributed by atoms with E-state index in [-0.39, 0.29) is 5.82 Å². The number of amides is 2. The number of urea groups is 1. The van der Waals surface area contributed by atoms with Gasteiger partial charge in [0.25, 0.3) is 0 Å². The summed E-state index contributed by atoms with van der Waals surface area (Å²) in [5.74, 6) is 5.58. The molecule has 134 valence electrons. The molecule has 2 aromatic carbocycles. The molecule has 5 N–H and O–H groups in total. The van der Waals surface area contributed by atoms with Gasteiger partial charge in [0.15, 0.2) is 0 Å². The predicted molar refractivity (Wildman–Crippen MR) is 103 cm³/mol. The molecule has 0 fully saturated rings. The highest BCUT2D eigenvalue weighted by Crippen LogP contribution is 2.27. The minimum Gasteiger partial charge on any atom is -0.397 e. The summed E-state index contributed by atoms with van der Waals surface area (Å²) < 4.78 is 13.1. The fraction of sp³-hybridized carbons (Fsp3) is 0.150. The summed E-state index contributed by atoms with van der Waals surface area (Å²) in [6, 6.07) is 10.9. The van der Waals surface area contributed by atoms with Gasteiger partial charge in [-0.3, -0.25) is 5.01 Å². The number of halogens is 1. The first-order valence-corrected chi connectivity index (χ1v) is 8.36. The molecule has 0 aromatic heterocycles. The molecule has 0 spiro atoms. The fourth-order valence-corrected chi connectivity index (χ4v) is 2.75. The predicted octanol–water partition coefficient (Wildman–Crippen LogP) is 4.06. The number of benzene rings is 2. The Morgan fingerprint density at radius 1 is 1.15 bits per heavy atom. The lowest BCUT2D eigenvalue weighted by molar-refractivity contribution is 0.217. The summed E-state index contributed by atoms with van der Waals surface area (Å²) in [7, 11) is 0. The average Bonchev–Trinajstić information content (AvgIpc) is 2.65. The van der Waals surface area contributed by atoms with Crippen molar-refractivity contribution < 1.29 is 9.18 Å². The number of hydrazine groups is 1. The summed E-state index contributed by atoms with van der Waals surface area (Å²) in [6.45, 7) is 0.355. The van der Waals surface area contributed by atoms with Crippen molar-refractivity contribution >= 4 is 17.4 Å². The van der Waals surface area contributed by atoms with Gasteiger partial charge in [-0.15, -0.1) is 0 Å². The Morgan fingerprint density at radius 3 is 2.58 bits per heavy atom. The number of nitrogens with one attached hydrogen (secondary N) is 1. The number of anilines is 2. The largest absolute Gasteiger partial charge is 0.397 e. The van der Waals surface area contributed by atoms with E-state index in [1.807, 2.05) is 18.2 Å². The summed E-state index contributed by atoms with van der Waals surface area (Å²) in [4.78, 5) is 12.4. The highest BCUT2D eigenvalue weighted by molar-refractivity contribution is 5.93. The molecular weight excluding hydrogens is 331 g/mol. The van der Waals surface area contributed by atoms with Gasteiger partial charge < -0.3 is 11.1 Å². The maximum absolute atomic E-state index is 13.1. The summed E-state index contributed by atoms with van der Waals surface area (Å²) in [5.41, 5.74) is 9.60. The lowest BCUT2D eigenvalue weighted by atomic mass is 10.0. The van der Waals surface area contributed by atoms with Crippen LogP contribution >= 0.6 is 0 Å². The van der Waals surface area contributed by atoms with E-state index in [2.05, 4.69) is 11.4 Å². The molecular formula is C20H21FN4O. The standard InChI is InChI=1S/C20H21FN4O/c21-17-9-6-15(7-10-17)16-8-11-18(22)19(12-16)24-20(26)25(23)13-14-4-2-1-3-5-14/h1-2,4,6-12H,3,5,13,22-23H2,(H,24,26). The van der Waals surface area contributed by atoms with Crippen LogP contribution in [0.3, 0.4) is 0 Å². The van der Waals surface area contributed by atoms with Crippen LogP contribution in [0.5, 0.6) is 0 Å². The van der Waals surface area contributed by atoms with Crippen molar-refractivity contribution in [3.63, 3.8) is 0 Å². The highest BCUT2D eigenvalue weighted by Gasteiger charge is 2.14. The first-order valence-electron chi connectivity index (χ1n) is 8.36. The van der Waals surface area contributed by atoms with E-state index in [0.29, 0.717) is 17.9 Å². The van der Waals surface area contributed by atoms with Crippen LogP contribution in [-0.2, 0) is 0 Å². The van der Waals surface area contributed by atoms with Gasteiger partial charge in [0.1, 0.15) is 5.82 Å². The number of rotatable bonds is 4. The second-order valence-corrected chi connectivity index (χ2v) is 6.16. The van der Waals surface area contributed by atoms with Crippen LogP contribution in [-0.4, -0.2) is 17.6 Å². The Morgan fingerprint density at radius 2 is 1.88 bits per heavy atom. The van der Waals surface area contributed by atoms with Crippen molar-refractivity contribution in [2.24, 2.45) is 5.84 Å². The number of nitrogens with zero attached hydrogens (tertiary/aromatic N) is 1. The van der Waals surface area contributed by atoms with Crippen LogP contribution in [0.25, 0.3) is 11.1 Å². The Balaban J connectivity index is 1.73. The third-order valence-corrected chi connectivity index (χ3v) is 4.21. The van der Waals surface area contributed by atoms with E-state index in [1.54, 1.807) is 24.3 Å². The smallest absolute Gasteiger partial charge is 0.336 e. The number of nitrogen functional groups attached to an aromatic ring is 1. The molecule has 6 heteroatoms. The van der Waals surface area contributed by atoms with Crippen LogP contribution in [0.2, 0.25) is 0 Å². The molecule has 1 aliphatic rings. The zero-order valence-corrected chi connectivity index (χ0v) is 14.3. The Hall–Kier alpha value is -3.12. The number of allylic oxidation sites excluding steroid dienone is 3. The van der Waals surface area contributed by atoms with E-state index in [1.165, 1.54) is 12.1 Å².